The van der Waals surface area contributed by atoms with Gasteiger partial charge in [-0.2, -0.15) is 0 Å². The fraction of sp³-hybridized carbons (Fsp3) is 0.429. The molecule has 106 valence electrons. The van der Waals surface area contributed by atoms with E-state index in [1.54, 1.807) is 18.3 Å². The summed E-state index contributed by atoms with van der Waals surface area (Å²) in [5.74, 6) is 0. The maximum absolute atomic E-state index is 9.48. The molecule has 1 N–H and O–H groups in total. The van der Waals surface area contributed by atoms with Gasteiger partial charge in [0, 0.05) is 37.8 Å². The summed E-state index contributed by atoms with van der Waals surface area (Å²) in [6.45, 7) is 5.62. The summed E-state index contributed by atoms with van der Waals surface area (Å²) in [5, 5.41) is 12.6. The van der Waals surface area contributed by atoms with Crippen LogP contribution in [0.15, 0.2) is 29.9 Å². The topological polar surface area (TPSA) is 52.5 Å². The van der Waals surface area contributed by atoms with Crippen LogP contribution in [0, 0.1) is 0 Å². The van der Waals surface area contributed by atoms with Gasteiger partial charge in [0.05, 0.1) is 23.7 Å². The first kappa shape index (κ1) is 13.3. The highest BCUT2D eigenvalue weighted by Gasteiger charge is 2.19. The number of aliphatic hydroxyl groups excluding tert-OH is 1. The molecular weight excluding hydrogens is 272 g/mol. The first-order chi connectivity index (χ1) is 9.74. The van der Waals surface area contributed by atoms with Crippen LogP contribution in [0.5, 0.6) is 0 Å². The molecule has 1 aliphatic heterocycles. The number of nitrogens with zero attached hydrogens (tertiary/aromatic N) is 4. The van der Waals surface area contributed by atoms with Gasteiger partial charge < -0.3 is 14.9 Å². The first-order valence-electron chi connectivity index (χ1n) is 6.77. The number of aromatic nitrogens is 2. The van der Waals surface area contributed by atoms with E-state index in [0.29, 0.717) is 0 Å². The van der Waals surface area contributed by atoms with Gasteiger partial charge in [-0.3, -0.25) is 4.98 Å². The molecule has 2 aromatic heterocycles. The Bertz CT molecular complexity index is 533. The van der Waals surface area contributed by atoms with E-state index in [2.05, 4.69) is 19.8 Å². The zero-order valence-corrected chi connectivity index (χ0v) is 12.3. The molecule has 1 saturated heterocycles. The lowest BCUT2D eigenvalue weighted by molar-refractivity contribution is 0.194. The number of hydrogen-bond donors (Lipinski definition) is 1. The highest BCUT2D eigenvalue weighted by molar-refractivity contribution is 7.13. The van der Waals surface area contributed by atoms with Crippen LogP contribution in [0.2, 0.25) is 0 Å². The Kier molecular flexibility index (Phi) is 3.84. The fourth-order valence-electron chi connectivity index (χ4n) is 2.36. The van der Waals surface area contributed by atoms with Crippen LogP contribution in [0.25, 0.3) is 0 Å². The zero-order valence-electron chi connectivity index (χ0n) is 11.4. The zero-order chi connectivity index (χ0) is 13.9. The van der Waals surface area contributed by atoms with Crippen molar-refractivity contribution in [2.45, 2.75) is 13.0 Å². The molecule has 0 aliphatic carbocycles. The second kappa shape index (κ2) is 5.76. The van der Waals surface area contributed by atoms with Gasteiger partial charge in [-0.15, -0.1) is 11.3 Å². The number of piperazine rings is 1. The smallest absolute Gasteiger partial charge is 0.185 e. The Labute approximate surface area is 122 Å². The molecule has 1 fully saturated rings. The molecule has 1 atom stereocenters. The van der Waals surface area contributed by atoms with Crippen LogP contribution >= 0.6 is 11.3 Å². The van der Waals surface area contributed by atoms with Crippen molar-refractivity contribution in [1.29, 1.82) is 0 Å². The molecule has 0 spiro atoms. The van der Waals surface area contributed by atoms with Crippen LogP contribution in [-0.2, 0) is 0 Å². The van der Waals surface area contributed by atoms with E-state index in [9.17, 15) is 5.11 Å². The summed E-state index contributed by atoms with van der Waals surface area (Å²) >= 11 is 1.69. The van der Waals surface area contributed by atoms with E-state index in [-0.39, 0.29) is 0 Å². The predicted molar refractivity (Wildman–Crippen MR) is 81.4 cm³/mol. The van der Waals surface area contributed by atoms with Gasteiger partial charge >= 0.3 is 0 Å². The third-order valence-corrected chi connectivity index (χ3v) is 4.37. The summed E-state index contributed by atoms with van der Waals surface area (Å²) in [6, 6.07) is 3.93. The standard InChI is InChI=1S/C14H18N4OS/c1-11(19)13-3-2-12(10-16-13)17-5-7-18(8-6-17)14-15-4-9-20-14/h2-4,9-11,19H,5-8H2,1H3. The maximum Gasteiger partial charge on any atom is 0.185 e. The first-order valence-corrected chi connectivity index (χ1v) is 7.65. The summed E-state index contributed by atoms with van der Waals surface area (Å²) in [4.78, 5) is 13.3. The Hall–Kier alpha value is -1.66. The normalized spacial score (nSPS) is 17.3. The average Bonchev–Trinajstić information content (AvgIpc) is 3.02. The van der Waals surface area contributed by atoms with Gasteiger partial charge in [-0.05, 0) is 19.1 Å². The molecule has 1 aliphatic rings. The average molecular weight is 290 g/mol. The minimum absolute atomic E-state index is 0.509. The van der Waals surface area contributed by atoms with E-state index >= 15 is 0 Å². The molecule has 20 heavy (non-hydrogen) atoms. The van der Waals surface area contributed by atoms with Crippen LogP contribution in [-0.4, -0.2) is 41.3 Å². The van der Waals surface area contributed by atoms with E-state index < -0.39 is 6.10 Å². The molecule has 0 saturated carbocycles. The second-order valence-electron chi connectivity index (χ2n) is 4.91. The Balaban J connectivity index is 1.63. The minimum Gasteiger partial charge on any atom is -0.387 e. The van der Waals surface area contributed by atoms with Crippen molar-refractivity contribution in [2.75, 3.05) is 36.0 Å². The van der Waals surface area contributed by atoms with Crippen molar-refractivity contribution in [1.82, 2.24) is 9.97 Å². The molecule has 3 heterocycles. The molecule has 0 bridgehead atoms. The number of pyridine rings is 1. The van der Waals surface area contributed by atoms with Crippen molar-refractivity contribution in [3.05, 3.63) is 35.6 Å². The number of aliphatic hydroxyl groups is 1. The molecule has 0 aromatic carbocycles. The van der Waals surface area contributed by atoms with Crippen LogP contribution in [0.4, 0.5) is 10.8 Å². The monoisotopic (exact) mass is 290 g/mol. The van der Waals surface area contributed by atoms with E-state index in [0.717, 1.165) is 42.7 Å². The highest BCUT2D eigenvalue weighted by atomic mass is 32.1. The number of rotatable bonds is 3. The third-order valence-electron chi connectivity index (χ3n) is 3.53. The van der Waals surface area contributed by atoms with Crippen molar-refractivity contribution >= 4 is 22.2 Å². The van der Waals surface area contributed by atoms with Crippen LogP contribution < -0.4 is 9.80 Å². The maximum atomic E-state index is 9.48. The molecule has 0 amide bonds. The lowest BCUT2D eigenvalue weighted by Crippen LogP contribution is -2.46. The Morgan fingerprint density at radius 3 is 2.45 bits per heavy atom. The molecule has 6 heteroatoms. The number of thiazole rings is 1. The summed E-state index contributed by atoms with van der Waals surface area (Å²) in [5.41, 5.74) is 1.84. The summed E-state index contributed by atoms with van der Waals surface area (Å²) < 4.78 is 0. The van der Waals surface area contributed by atoms with Crippen molar-refractivity contribution in [2.24, 2.45) is 0 Å². The predicted octanol–water partition coefficient (Wildman–Crippen LogP) is 1.92. The molecule has 3 rings (SSSR count). The highest BCUT2D eigenvalue weighted by Crippen LogP contribution is 2.22. The fourth-order valence-corrected chi connectivity index (χ4v) is 3.06. The quantitative estimate of drug-likeness (QED) is 0.936. The summed E-state index contributed by atoms with van der Waals surface area (Å²) in [6.07, 6.45) is 3.19. The lowest BCUT2D eigenvalue weighted by Gasteiger charge is -2.35. The van der Waals surface area contributed by atoms with Gasteiger partial charge in [-0.1, -0.05) is 0 Å². The second-order valence-corrected chi connectivity index (χ2v) is 5.78. The summed E-state index contributed by atoms with van der Waals surface area (Å²) in [7, 11) is 0. The molecular formula is C14H18N4OS. The molecule has 1 unspecified atom stereocenters. The van der Waals surface area contributed by atoms with Gasteiger partial charge in [0.15, 0.2) is 5.13 Å². The molecule has 0 radical (unpaired) electrons. The lowest BCUT2D eigenvalue weighted by atomic mass is 10.2. The van der Waals surface area contributed by atoms with E-state index in [1.807, 2.05) is 29.9 Å². The van der Waals surface area contributed by atoms with Gasteiger partial charge in [0.25, 0.3) is 0 Å². The van der Waals surface area contributed by atoms with Gasteiger partial charge in [-0.25, -0.2) is 4.98 Å². The van der Waals surface area contributed by atoms with Crippen LogP contribution in [0.3, 0.4) is 0 Å². The molecule has 2 aromatic rings. The number of hydrogen-bond acceptors (Lipinski definition) is 6. The molecule has 5 nitrogen and oxygen atoms in total. The number of anilines is 2. The van der Waals surface area contributed by atoms with Crippen molar-refractivity contribution < 1.29 is 5.11 Å². The van der Waals surface area contributed by atoms with E-state index in [1.165, 1.54) is 0 Å². The largest absolute Gasteiger partial charge is 0.387 e. The van der Waals surface area contributed by atoms with Gasteiger partial charge in [0.1, 0.15) is 0 Å². The Morgan fingerprint density at radius 2 is 1.90 bits per heavy atom. The third kappa shape index (κ3) is 2.76. The van der Waals surface area contributed by atoms with Gasteiger partial charge in [0.2, 0.25) is 0 Å². The SMILES string of the molecule is CC(O)c1ccc(N2CCN(c3nccs3)CC2)cn1. The van der Waals surface area contributed by atoms with E-state index in [4.69, 9.17) is 0 Å². The minimum atomic E-state index is -0.509. The van der Waals surface area contributed by atoms with Crippen molar-refractivity contribution in [3.63, 3.8) is 0 Å². The van der Waals surface area contributed by atoms with Crippen LogP contribution in [0.1, 0.15) is 18.7 Å². The Morgan fingerprint density at radius 1 is 1.15 bits per heavy atom. The van der Waals surface area contributed by atoms with Crippen molar-refractivity contribution in [3.8, 4) is 0 Å².